The third kappa shape index (κ3) is 7.56. The molecule has 0 aromatic carbocycles. The Labute approximate surface area is 342 Å². The average Bonchev–Trinajstić information content (AvgIpc) is 3.45. The molecule has 0 aliphatic heterocycles. The summed E-state index contributed by atoms with van der Waals surface area (Å²) < 4.78 is 6.19. The van der Waals surface area contributed by atoms with Crippen molar-refractivity contribution >= 4 is 17.7 Å². The first kappa shape index (κ1) is 43.9. The van der Waals surface area contributed by atoms with Crippen molar-refractivity contribution in [3.05, 3.63) is 41.2 Å². The minimum absolute atomic E-state index is 0.0213. The molecule has 0 amide bonds. The molecule has 4 saturated carbocycles. The first-order valence-corrected chi connectivity index (χ1v) is 22.0. The molecule has 10 heteroatoms. The number of nitrogens with one attached hydrogen (secondary N) is 1. The summed E-state index contributed by atoms with van der Waals surface area (Å²) >= 11 is 0. The van der Waals surface area contributed by atoms with Gasteiger partial charge in [-0.15, -0.1) is 0 Å². The van der Waals surface area contributed by atoms with Gasteiger partial charge in [-0.1, -0.05) is 60.1 Å². The fraction of sp³-hybridized carbons (Fsp3) is 0.787. The van der Waals surface area contributed by atoms with E-state index in [1.807, 2.05) is 18.2 Å². The smallest absolute Gasteiger partial charge is 0.309 e. The molecule has 0 spiro atoms. The lowest BCUT2D eigenvalue weighted by Crippen LogP contribution is -2.66. The van der Waals surface area contributed by atoms with Gasteiger partial charge in [-0.3, -0.25) is 24.3 Å². The van der Waals surface area contributed by atoms with E-state index in [4.69, 9.17) is 4.74 Å². The van der Waals surface area contributed by atoms with Gasteiger partial charge in [-0.2, -0.15) is 0 Å². The number of carboxylic acid groups (broad SMARTS) is 1. The first-order chi connectivity index (χ1) is 26.7. The lowest BCUT2D eigenvalue weighted by atomic mass is 9.33. The number of esters is 1. The largest absolute Gasteiger partial charge is 0.481 e. The molecule has 9 atom stereocenters. The zero-order valence-electron chi connectivity index (χ0n) is 36.5. The molecule has 5 aliphatic rings. The molecule has 57 heavy (non-hydrogen) atoms. The van der Waals surface area contributed by atoms with Crippen LogP contribution in [0.4, 0.5) is 0 Å². The summed E-state index contributed by atoms with van der Waals surface area (Å²) in [5.74, 6) is -0.104. The normalized spacial score (nSPS) is 35.4. The van der Waals surface area contributed by atoms with Crippen LogP contribution >= 0.6 is 0 Å². The summed E-state index contributed by atoms with van der Waals surface area (Å²) in [6.45, 7) is 22.6. The molecule has 2 unspecified atom stereocenters. The number of Topliss-reactive ketones (excluding diaryl/α,β-unsaturated/α-hetero) is 1. The highest BCUT2D eigenvalue weighted by Crippen LogP contribution is 2.77. The van der Waals surface area contributed by atoms with Crippen LogP contribution in [0.15, 0.2) is 35.5 Å². The van der Waals surface area contributed by atoms with Crippen LogP contribution in [-0.2, 0) is 25.7 Å². The lowest BCUT2D eigenvalue weighted by molar-refractivity contribution is -0.235. The monoisotopic (exact) mass is 792 g/mol. The number of aromatic nitrogens is 1. The number of aliphatic hydroxyl groups excluding tert-OH is 2. The Kier molecular flexibility index (Phi) is 12.4. The Morgan fingerprint density at radius 2 is 1.72 bits per heavy atom. The van der Waals surface area contributed by atoms with E-state index in [-0.39, 0.29) is 58.4 Å². The quantitative estimate of drug-likeness (QED) is 0.106. The van der Waals surface area contributed by atoms with Crippen molar-refractivity contribution in [2.45, 2.75) is 145 Å². The molecule has 318 valence electrons. The van der Waals surface area contributed by atoms with E-state index in [0.717, 1.165) is 62.6 Å². The Balaban J connectivity index is 1.28. The summed E-state index contributed by atoms with van der Waals surface area (Å²) in [5.41, 5.74) is 1.16. The molecule has 1 aromatic rings. The number of rotatable bonds is 15. The van der Waals surface area contributed by atoms with Crippen molar-refractivity contribution in [1.29, 1.82) is 0 Å². The van der Waals surface area contributed by atoms with Crippen molar-refractivity contribution in [2.24, 2.45) is 56.2 Å². The van der Waals surface area contributed by atoms with Crippen molar-refractivity contribution in [1.82, 2.24) is 15.2 Å². The highest BCUT2D eigenvalue weighted by atomic mass is 16.5. The second-order valence-electron chi connectivity index (χ2n) is 21.1. The average molecular weight is 792 g/mol. The molecule has 1 aromatic heterocycles. The second kappa shape index (κ2) is 16.1. The van der Waals surface area contributed by atoms with Gasteiger partial charge in [-0.25, -0.2) is 0 Å². The van der Waals surface area contributed by atoms with Crippen LogP contribution < -0.4 is 5.32 Å². The summed E-state index contributed by atoms with van der Waals surface area (Å²) in [4.78, 5) is 46.1. The van der Waals surface area contributed by atoms with E-state index < -0.39 is 28.9 Å². The molecule has 0 bridgehead atoms. The maximum absolute atomic E-state index is 14.3. The number of nitrogens with zero attached hydrogens (tertiary/aromatic N) is 2. The summed E-state index contributed by atoms with van der Waals surface area (Å²) in [5, 5.41) is 34.9. The molecular weight excluding hydrogens is 719 g/mol. The summed E-state index contributed by atoms with van der Waals surface area (Å²) in [7, 11) is 0. The van der Waals surface area contributed by atoms with Gasteiger partial charge in [0.05, 0.1) is 30.2 Å². The Bertz CT molecular complexity index is 1690. The van der Waals surface area contributed by atoms with Crippen LogP contribution in [0.3, 0.4) is 0 Å². The maximum atomic E-state index is 14.3. The number of allylic oxidation sites excluding steroid dienone is 1. The first-order valence-electron chi connectivity index (χ1n) is 22.0. The van der Waals surface area contributed by atoms with E-state index in [9.17, 15) is 29.7 Å². The Morgan fingerprint density at radius 1 is 0.982 bits per heavy atom. The number of hydrogen-bond acceptors (Lipinski definition) is 9. The van der Waals surface area contributed by atoms with Gasteiger partial charge in [0.25, 0.3) is 0 Å². The molecule has 4 fully saturated rings. The van der Waals surface area contributed by atoms with Crippen LogP contribution in [0.2, 0.25) is 0 Å². The highest BCUT2D eigenvalue weighted by Gasteiger charge is 2.71. The lowest BCUT2D eigenvalue weighted by Gasteiger charge is -2.72. The molecule has 1 heterocycles. The van der Waals surface area contributed by atoms with Gasteiger partial charge in [0.1, 0.15) is 6.10 Å². The van der Waals surface area contributed by atoms with E-state index >= 15 is 0 Å². The molecular formula is C47H73N3O7. The number of ether oxygens (including phenoxy) is 1. The summed E-state index contributed by atoms with van der Waals surface area (Å²) in [6, 6.07) is 5.92. The van der Waals surface area contributed by atoms with E-state index in [1.165, 1.54) is 5.57 Å². The third-order valence-corrected chi connectivity index (χ3v) is 16.9. The highest BCUT2D eigenvalue weighted by molar-refractivity contribution is 6.00. The predicted molar refractivity (Wildman–Crippen MR) is 221 cm³/mol. The van der Waals surface area contributed by atoms with Gasteiger partial charge < -0.3 is 25.4 Å². The number of carbonyl (C=O) groups is 3. The number of aliphatic hydroxyl groups is 2. The van der Waals surface area contributed by atoms with Crippen LogP contribution in [0, 0.1) is 56.2 Å². The van der Waals surface area contributed by atoms with Crippen LogP contribution in [0.5, 0.6) is 0 Å². The number of hydrogen-bond donors (Lipinski definition) is 4. The molecule has 0 saturated heterocycles. The predicted octanol–water partition coefficient (Wildman–Crippen LogP) is 7.22. The Morgan fingerprint density at radius 3 is 2.37 bits per heavy atom. The number of aliphatic carboxylic acids is 1. The van der Waals surface area contributed by atoms with Crippen LogP contribution in [-0.4, -0.2) is 87.9 Å². The summed E-state index contributed by atoms with van der Waals surface area (Å²) in [6.07, 6.45) is 8.70. The van der Waals surface area contributed by atoms with Gasteiger partial charge in [-0.05, 0) is 123 Å². The maximum Gasteiger partial charge on any atom is 0.309 e. The molecule has 4 N–H and O–H groups in total. The van der Waals surface area contributed by atoms with Gasteiger partial charge >= 0.3 is 11.9 Å². The molecule has 6 rings (SSSR count). The Hall–Kier alpha value is -2.66. The number of pyridine rings is 1. The third-order valence-electron chi connectivity index (χ3n) is 16.9. The second-order valence-corrected chi connectivity index (χ2v) is 21.1. The van der Waals surface area contributed by atoms with E-state index in [0.29, 0.717) is 51.0 Å². The topological polar surface area (TPSA) is 149 Å². The van der Waals surface area contributed by atoms with Gasteiger partial charge in [0.15, 0.2) is 5.78 Å². The number of fused-ring (bicyclic) bond motifs is 7. The zero-order chi connectivity index (χ0) is 41.8. The number of carbonyl (C=O) groups excluding carboxylic acids is 2. The van der Waals surface area contributed by atoms with Crippen LogP contribution in [0.25, 0.3) is 0 Å². The van der Waals surface area contributed by atoms with E-state index in [1.54, 1.807) is 20.0 Å². The molecule has 5 aliphatic carbocycles. The van der Waals surface area contributed by atoms with Crippen molar-refractivity contribution in [2.75, 3.05) is 32.8 Å². The van der Waals surface area contributed by atoms with Gasteiger partial charge in [0.2, 0.25) is 0 Å². The van der Waals surface area contributed by atoms with Crippen molar-refractivity contribution in [3.8, 4) is 0 Å². The van der Waals surface area contributed by atoms with E-state index in [2.05, 4.69) is 63.7 Å². The minimum Gasteiger partial charge on any atom is -0.481 e. The van der Waals surface area contributed by atoms with Gasteiger partial charge in [0, 0.05) is 56.2 Å². The molecule has 10 nitrogen and oxygen atoms in total. The number of ketones is 1. The molecule has 0 radical (unpaired) electrons. The van der Waals surface area contributed by atoms with Crippen molar-refractivity contribution in [3.63, 3.8) is 0 Å². The minimum atomic E-state index is -1.18. The SMILES string of the molecule is CC(C)C1=C2[C@H]3CC[C@@H]4[C@@]5(C)CC[C@H](OC(=O)CC(C)(C)C(=O)O)C(C)(C)[C@@H]5CC[C@@]4(C)[C@]3(C)CCC2(C(O)CN(CCNCCO)Cc2ccccn2)CC1=O. The number of carboxylic acids is 1. The fourth-order valence-electron chi connectivity index (χ4n) is 13.7. The standard InChI is InChI=1S/C47H73N3O7/c1-30(2)39-33(52)26-47(36(53)29-50(24-22-48-23-25-51)28-31-12-10-11-21-49-31)20-19-45(8)32(40(39)47)13-14-35-44(7)17-16-37(57-38(54)27-42(3,4)41(55)56)43(5,6)34(44)15-18-46(35,45)9/h10-12,21,30,32,34-37,48,51,53H,13-20,22-29H2,1-9H3,(H,55,56)/t32-,34+,35-,36?,37+,44+,45-,46-,47?/m1/s1. The van der Waals surface area contributed by atoms with Crippen molar-refractivity contribution < 1.29 is 34.4 Å². The van der Waals surface area contributed by atoms with Crippen LogP contribution in [0.1, 0.15) is 132 Å². The zero-order valence-corrected chi connectivity index (χ0v) is 36.5. The fourth-order valence-corrected chi connectivity index (χ4v) is 13.7.